The van der Waals surface area contributed by atoms with Crippen LogP contribution in [0.25, 0.3) is 0 Å². The lowest BCUT2D eigenvalue weighted by molar-refractivity contribution is 0.243. The monoisotopic (exact) mass is 245 g/mol. The van der Waals surface area contributed by atoms with Crippen molar-refractivity contribution in [1.82, 2.24) is 5.32 Å². The molecule has 1 saturated carbocycles. The van der Waals surface area contributed by atoms with Gasteiger partial charge in [0.05, 0.1) is 11.5 Å². The highest BCUT2D eigenvalue weighted by Crippen LogP contribution is 2.42. The van der Waals surface area contributed by atoms with Crippen molar-refractivity contribution in [2.75, 3.05) is 25.1 Å². The fourth-order valence-electron chi connectivity index (χ4n) is 3.56. The largest absolute Gasteiger partial charge is 0.319 e. The molecule has 0 radical (unpaired) electrons. The molecule has 1 heterocycles. The Balaban J connectivity index is 2.04. The first-order valence-electron chi connectivity index (χ1n) is 6.40. The highest BCUT2D eigenvalue weighted by Gasteiger charge is 2.43. The Morgan fingerprint density at radius 3 is 2.50 bits per heavy atom. The molecule has 2 aliphatic rings. The first-order valence-corrected chi connectivity index (χ1v) is 8.22. The Hall–Kier alpha value is -0.0900. The second-order valence-electron chi connectivity index (χ2n) is 5.73. The SMILES string of the molecule is CNCC1(CC2CCCC2)CCS(=O)(=O)C1. The third kappa shape index (κ3) is 2.77. The minimum Gasteiger partial charge on any atom is -0.319 e. The summed E-state index contributed by atoms with van der Waals surface area (Å²) < 4.78 is 23.3. The molecule has 16 heavy (non-hydrogen) atoms. The number of nitrogens with one attached hydrogen (secondary N) is 1. The number of rotatable bonds is 4. The van der Waals surface area contributed by atoms with E-state index in [1.807, 2.05) is 7.05 Å². The van der Waals surface area contributed by atoms with Gasteiger partial charge in [0.1, 0.15) is 0 Å². The van der Waals surface area contributed by atoms with Gasteiger partial charge in [-0.15, -0.1) is 0 Å². The van der Waals surface area contributed by atoms with Gasteiger partial charge in [0.25, 0.3) is 0 Å². The van der Waals surface area contributed by atoms with Crippen molar-refractivity contribution in [2.24, 2.45) is 11.3 Å². The van der Waals surface area contributed by atoms with Crippen molar-refractivity contribution in [3.63, 3.8) is 0 Å². The van der Waals surface area contributed by atoms with Gasteiger partial charge in [-0.1, -0.05) is 25.7 Å². The van der Waals surface area contributed by atoms with Crippen LogP contribution in [0.2, 0.25) is 0 Å². The molecule has 1 unspecified atom stereocenters. The smallest absolute Gasteiger partial charge is 0.150 e. The second kappa shape index (κ2) is 4.65. The minimum absolute atomic E-state index is 0.0442. The average Bonchev–Trinajstić information content (AvgIpc) is 2.76. The topological polar surface area (TPSA) is 46.2 Å². The van der Waals surface area contributed by atoms with Crippen LogP contribution in [0.5, 0.6) is 0 Å². The van der Waals surface area contributed by atoms with E-state index in [9.17, 15) is 8.42 Å². The molecule has 4 heteroatoms. The molecule has 0 aromatic heterocycles. The molecule has 0 amide bonds. The van der Waals surface area contributed by atoms with Crippen molar-refractivity contribution in [1.29, 1.82) is 0 Å². The maximum Gasteiger partial charge on any atom is 0.150 e. The number of hydrogen-bond donors (Lipinski definition) is 1. The molecule has 3 nitrogen and oxygen atoms in total. The van der Waals surface area contributed by atoms with E-state index < -0.39 is 9.84 Å². The van der Waals surface area contributed by atoms with Crippen LogP contribution >= 0.6 is 0 Å². The maximum absolute atomic E-state index is 11.7. The summed E-state index contributed by atoms with van der Waals surface area (Å²) >= 11 is 0. The van der Waals surface area contributed by atoms with Crippen molar-refractivity contribution in [3.05, 3.63) is 0 Å². The van der Waals surface area contributed by atoms with Gasteiger partial charge in [0.2, 0.25) is 0 Å². The van der Waals surface area contributed by atoms with E-state index in [4.69, 9.17) is 0 Å². The first-order chi connectivity index (χ1) is 7.55. The van der Waals surface area contributed by atoms with Crippen LogP contribution in [0.3, 0.4) is 0 Å². The zero-order valence-electron chi connectivity index (χ0n) is 10.2. The standard InChI is InChI=1S/C12H23NO2S/c1-13-9-12(6-7-16(14,15)10-12)8-11-4-2-3-5-11/h11,13H,2-10H2,1H3. The van der Waals surface area contributed by atoms with Crippen LogP contribution < -0.4 is 5.32 Å². The molecule has 0 aromatic carbocycles. The van der Waals surface area contributed by atoms with Crippen molar-refractivity contribution < 1.29 is 8.42 Å². The van der Waals surface area contributed by atoms with Crippen LogP contribution in [0, 0.1) is 11.3 Å². The molecule has 1 saturated heterocycles. The fraction of sp³-hybridized carbons (Fsp3) is 1.00. The van der Waals surface area contributed by atoms with Gasteiger partial charge in [0, 0.05) is 6.54 Å². The number of hydrogen-bond acceptors (Lipinski definition) is 3. The Bertz CT molecular complexity index is 333. The van der Waals surface area contributed by atoms with Crippen molar-refractivity contribution in [2.45, 2.75) is 38.5 Å². The Morgan fingerprint density at radius 1 is 1.31 bits per heavy atom. The van der Waals surface area contributed by atoms with E-state index in [-0.39, 0.29) is 5.41 Å². The third-order valence-electron chi connectivity index (χ3n) is 4.22. The van der Waals surface area contributed by atoms with E-state index in [2.05, 4.69) is 5.32 Å². The average molecular weight is 245 g/mol. The molecule has 0 spiro atoms. The predicted octanol–water partition coefficient (Wildman–Crippen LogP) is 1.59. The zero-order chi connectivity index (χ0) is 11.6. The normalized spacial score (nSPS) is 34.6. The first kappa shape index (κ1) is 12.4. The summed E-state index contributed by atoms with van der Waals surface area (Å²) in [5.74, 6) is 1.60. The van der Waals surface area contributed by atoms with Gasteiger partial charge in [-0.3, -0.25) is 0 Å². The molecular weight excluding hydrogens is 222 g/mol. The summed E-state index contributed by atoms with van der Waals surface area (Å²) in [4.78, 5) is 0. The van der Waals surface area contributed by atoms with Crippen LogP contribution in [0.15, 0.2) is 0 Å². The van der Waals surface area contributed by atoms with Gasteiger partial charge >= 0.3 is 0 Å². The van der Waals surface area contributed by atoms with E-state index in [1.54, 1.807) is 0 Å². The Morgan fingerprint density at radius 2 is 2.00 bits per heavy atom. The molecule has 1 N–H and O–H groups in total. The van der Waals surface area contributed by atoms with Gasteiger partial charge in [-0.05, 0) is 31.2 Å². The molecule has 1 aliphatic carbocycles. The van der Waals surface area contributed by atoms with Crippen LogP contribution in [0.4, 0.5) is 0 Å². The number of sulfone groups is 1. The molecule has 94 valence electrons. The quantitative estimate of drug-likeness (QED) is 0.818. The van der Waals surface area contributed by atoms with E-state index >= 15 is 0 Å². The van der Waals surface area contributed by atoms with Gasteiger partial charge in [-0.25, -0.2) is 8.42 Å². The summed E-state index contributed by atoms with van der Waals surface area (Å²) in [6, 6.07) is 0. The van der Waals surface area contributed by atoms with Crippen LogP contribution in [0.1, 0.15) is 38.5 Å². The lowest BCUT2D eigenvalue weighted by atomic mass is 9.78. The highest BCUT2D eigenvalue weighted by atomic mass is 32.2. The highest BCUT2D eigenvalue weighted by molar-refractivity contribution is 7.91. The van der Waals surface area contributed by atoms with E-state index in [0.717, 1.165) is 25.3 Å². The summed E-state index contributed by atoms with van der Waals surface area (Å²) in [7, 11) is -0.826. The summed E-state index contributed by atoms with van der Waals surface area (Å²) in [6.07, 6.45) is 7.29. The summed E-state index contributed by atoms with van der Waals surface area (Å²) in [5.41, 5.74) is 0.0442. The Kier molecular flexibility index (Phi) is 3.59. The van der Waals surface area contributed by atoms with Crippen LogP contribution in [-0.4, -0.2) is 33.5 Å². The molecular formula is C12H23NO2S. The summed E-state index contributed by atoms with van der Waals surface area (Å²) in [6.45, 7) is 0.864. The maximum atomic E-state index is 11.7. The second-order valence-corrected chi connectivity index (χ2v) is 7.91. The van der Waals surface area contributed by atoms with Gasteiger partial charge in [-0.2, -0.15) is 0 Å². The van der Waals surface area contributed by atoms with Gasteiger partial charge < -0.3 is 5.32 Å². The van der Waals surface area contributed by atoms with Crippen LogP contribution in [-0.2, 0) is 9.84 Å². The summed E-state index contributed by atoms with van der Waals surface area (Å²) in [5, 5.41) is 3.20. The molecule has 1 aliphatic heterocycles. The van der Waals surface area contributed by atoms with Gasteiger partial charge in [0.15, 0.2) is 9.84 Å². The van der Waals surface area contributed by atoms with E-state index in [1.165, 1.54) is 25.7 Å². The predicted molar refractivity (Wildman–Crippen MR) is 66.2 cm³/mol. The molecule has 2 fully saturated rings. The van der Waals surface area contributed by atoms with Crippen molar-refractivity contribution in [3.8, 4) is 0 Å². The fourth-order valence-corrected chi connectivity index (χ4v) is 5.74. The van der Waals surface area contributed by atoms with E-state index in [0.29, 0.717) is 11.5 Å². The molecule has 0 aromatic rings. The lowest BCUT2D eigenvalue weighted by Gasteiger charge is -2.30. The molecule has 0 bridgehead atoms. The minimum atomic E-state index is -2.76. The lowest BCUT2D eigenvalue weighted by Crippen LogP contribution is -2.35. The van der Waals surface area contributed by atoms with Crippen molar-refractivity contribution >= 4 is 9.84 Å². The Labute approximate surface area is 98.9 Å². The zero-order valence-corrected chi connectivity index (χ0v) is 11.0. The third-order valence-corrected chi connectivity index (χ3v) is 6.10. The molecule has 2 rings (SSSR count). The molecule has 1 atom stereocenters.